The largest absolute Gasteiger partial charge is 0.381 e. The highest BCUT2D eigenvalue weighted by Gasteiger charge is 2.23. The first-order valence-electron chi connectivity index (χ1n) is 10.00. The van der Waals surface area contributed by atoms with E-state index in [2.05, 4.69) is 30.9 Å². The van der Waals surface area contributed by atoms with Crippen LogP contribution in [0, 0.1) is 11.8 Å². The topological polar surface area (TPSA) is 101 Å². The van der Waals surface area contributed by atoms with Crippen molar-refractivity contribution in [3.8, 4) is 11.3 Å². The number of hydrogen-bond donors (Lipinski definition) is 3. The van der Waals surface area contributed by atoms with Gasteiger partial charge in [0.1, 0.15) is 11.6 Å². The van der Waals surface area contributed by atoms with Crippen molar-refractivity contribution >= 4 is 29.1 Å². The Morgan fingerprint density at radius 3 is 2.86 bits per heavy atom. The normalized spacial score (nSPS) is 19.8. The number of halogens is 1. The number of hydrogen-bond acceptors (Lipinski definition) is 7. The summed E-state index contributed by atoms with van der Waals surface area (Å²) in [7, 11) is 0. The monoisotopic (exact) mass is 416 g/mol. The number of rotatable bonds is 6. The molecule has 4 heterocycles. The summed E-state index contributed by atoms with van der Waals surface area (Å²) >= 11 is 6.36. The summed E-state index contributed by atoms with van der Waals surface area (Å²) in [6, 6.07) is 1.74. The van der Waals surface area contributed by atoms with Gasteiger partial charge in [0.2, 0.25) is 5.91 Å². The second-order valence-electron chi connectivity index (χ2n) is 7.45. The lowest BCUT2D eigenvalue weighted by molar-refractivity contribution is -0.119. The molecule has 2 aliphatic heterocycles. The molecule has 0 saturated carbocycles. The van der Waals surface area contributed by atoms with Gasteiger partial charge in [0.25, 0.3) is 0 Å². The molecular weight excluding hydrogens is 392 g/mol. The van der Waals surface area contributed by atoms with Crippen LogP contribution < -0.4 is 16.0 Å². The van der Waals surface area contributed by atoms with E-state index in [1.807, 2.05) is 0 Å². The van der Waals surface area contributed by atoms with Crippen molar-refractivity contribution in [3.63, 3.8) is 0 Å². The fourth-order valence-corrected chi connectivity index (χ4v) is 3.79. The summed E-state index contributed by atoms with van der Waals surface area (Å²) in [6.07, 6.45) is 7.83. The molecule has 2 fully saturated rings. The molecule has 2 saturated heterocycles. The molecule has 0 spiro atoms. The van der Waals surface area contributed by atoms with Gasteiger partial charge >= 0.3 is 0 Å². The van der Waals surface area contributed by atoms with Gasteiger partial charge in [0, 0.05) is 38.1 Å². The lowest BCUT2D eigenvalue weighted by atomic mass is 10.0. The van der Waals surface area contributed by atoms with Gasteiger partial charge < -0.3 is 20.7 Å². The second kappa shape index (κ2) is 9.47. The minimum Gasteiger partial charge on any atom is -0.381 e. The zero-order chi connectivity index (χ0) is 20.1. The minimum atomic E-state index is -0.0339. The summed E-state index contributed by atoms with van der Waals surface area (Å²) in [6.45, 7) is 4.02. The number of amides is 1. The van der Waals surface area contributed by atoms with Crippen molar-refractivity contribution in [1.29, 1.82) is 0 Å². The fraction of sp³-hybridized carbons (Fsp3) is 0.500. The van der Waals surface area contributed by atoms with Crippen molar-refractivity contribution in [3.05, 3.63) is 29.7 Å². The second-order valence-corrected chi connectivity index (χ2v) is 7.86. The molecule has 8 nitrogen and oxygen atoms in total. The Balaban J connectivity index is 1.46. The molecule has 1 atom stereocenters. The van der Waals surface area contributed by atoms with E-state index in [0.717, 1.165) is 45.6 Å². The van der Waals surface area contributed by atoms with Crippen molar-refractivity contribution in [2.24, 2.45) is 11.8 Å². The molecule has 29 heavy (non-hydrogen) atoms. The Labute approximate surface area is 174 Å². The fourth-order valence-electron chi connectivity index (χ4n) is 3.59. The van der Waals surface area contributed by atoms with Gasteiger partial charge in [-0.1, -0.05) is 11.6 Å². The molecule has 154 valence electrons. The highest BCUT2D eigenvalue weighted by Crippen LogP contribution is 2.28. The summed E-state index contributed by atoms with van der Waals surface area (Å²) in [4.78, 5) is 25.5. The molecule has 0 aromatic carbocycles. The Morgan fingerprint density at radius 2 is 2.07 bits per heavy atom. The van der Waals surface area contributed by atoms with Crippen LogP contribution in [0.25, 0.3) is 11.3 Å². The van der Waals surface area contributed by atoms with Gasteiger partial charge in [-0.3, -0.25) is 9.78 Å². The zero-order valence-corrected chi connectivity index (χ0v) is 16.9. The van der Waals surface area contributed by atoms with E-state index < -0.39 is 0 Å². The van der Waals surface area contributed by atoms with Crippen LogP contribution in [-0.2, 0) is 9.53 Å². The number of nitrogens with zero attached hydrogens (tertiary/aromatic N) is 3. The maximum Gasteiger partial charge on any atom is 0.229 e. The summed E-state index contributed by atoms with van der Waals surface area (Å²) in [5.74, 6) is 1.67. The van der Waals surface area contributed by atoms with Gasteiger partial charge in [-0.25, -0.2) is 9.97 Å². The van der Waals surface area contributed by atoms with Crippen LogP contribution in [0.2, 0.25) is 5.02 Å². The van der Waals surface area contributed by atoms with Gasteiger partial charge in [-0.2, -0.15) is 0 Å². The van der Waals surface area contributed by atoms with Crippen molar-refractivity contribution in [2.75, 3.05) is 43.5 Å². The number of carbonyl (C=O) groups is 1. The zero-order valence-electron chi connectivity index (χ0n) is 16.2. The number of aromatic nitrogens is 3. The van der Waals surface area contributed by atoms with Crippen LogP contribution in [0.15, 0.2) is 24.7 Å². The summed E-state index contributed by atoms with van der Waals surface area (Å²) in [5, 5.41) is 9.90. The van der Waals surface area contributed by atoms with E-state index in [4.69, 9.17) is 16.3 Å². The average molecular weight is 417 g/mol. The summed E-state index contributed by atoms with van der Waals surface area (Å²) in [5.41, 5.74) is 1.32. The van der Waals surface area contributed by atoms with Gasteiger partial charge in [0.05, 0.1) is 29.0 Å². The first-order chi connectivity index (χ1) is 14.2. The SMILES string of the molecule is O=C(Nc1cc(-c2cncc(NCC3CCOCC3)n2)c(Cl)cn1)[C@@H]1CCNC1. The maximum atomic E-state index is 12.4. The Bertz CT molecular complexity index is 853. The standard InChI is InChI=1S/C20H25ClN6O2/c21-16-10-25-18(27-20(28)14-1-4-22-9-14)7-15(16)17-11-23-12-19(26-17)24-8-13-2-5-29-6-3-13/h7,10-14,22H,1-6,8-9H2,(H,24,26)(H,25,27,28)/t14-/m1/s1. The molecule has 2 aromatic rings. The third kappa shape index (κ3) is 5.20. The Morgan fingerprint density at radius 1 is 1.21 bits per heavy atom. The van der Waals surface area contributed by atoms with Crippen LogP contribution >= 0.6 is 11.6 Å². The highest BCUT2D eigenvalue weighted by molar-refractivity contribution is 6.33. The molecule has 9 heteroatoms. The van der Waals surface area contributed by atoms with E-state index in [-0.39, 0.29) is 11.8 Å². The van der Waals surface area contributed by atoms with Crippen LogP contribution in [0.4, 0.5) is 11.6 Å². The maximum absolute atomic E-state index is 12.4. The Kier molecular flexibility index (Phi) is 6.53. The third-order valence-corrected chi connectivity index (χ3v) is 5.66. The molecule has 2 aromatic heterocycles. The number of anilines is 2. The third-order valence-electron chi connectivity index (χ3n) is 5.36. The van der Waals surface area contributed by atoms with Crippen molar-refractivity contribution in [2.45, 2.75) is 19.3 Å². The van der Waals surface area contributed by atoms with Gasteiger partial charge in [0.15, 0.2) is 0 Å². The first-order valence-corrected chi connectivity index (χ1v) is 10.4. The van der Waals surface area contributed by atoms with Gasteiger partial charge in [-0.05, 0) is 37.8 Å². The summed E-state index contributed by atoms with van der Waals surface area (Å²) < 4.78 is 5.40. The molecule has 0 aliphatic carbocycles. The van der Waals surface area contributed by atoms with Crippen molar-refractivity contribution < 1.29 is 9.53 Å². The average Bonchev–Trinajstić information content (AvgIpc) is 3.30. The smallest absolute Gasteiger partial charge is 0.229 e. The molecule has 2 aliphatic rings. The highest BCUT2D eigenvalue weighted by atomic mass is 35.5. The van der Waals surface area contributed by atoms with Gasteiger partial charge in [-0.15, -0.1) is 0 Å². The van der Waals surface area contributed by atoms with Crippen LogP contribution in [0.5, 0.6) is 0 Å². The van der Waals surface area contributed by atoms with E-state index in [0.29, 0.717) is 40.4 Å². The lowest BCUT2D eigenvalue weighted by Gasteiger charge is -2.22. The predicted octanol–water partition coefficient (Wildman–Crippen LogP) is 2.58. The number of carbonyl (C=O) groups excluding carboxylic acids is 1. The van der Waals surface area contributed by atoms with E-state index in [1.165, 1.54) is 6.20 Å². The molecule has 0 bridgehead atoms. The van der Waals surface area contributed by atoms with E-state index >= 15 is 0 Å². The van der Waals surface area contributed by atoms with Crippen LogP contribution in [-0.4, -0.2) is 53.7 Å². The number of nitrogens with one attached hydrogen (secondary N) is 3. The molecule has 0 radical (unpaired) electrons. The van der Waals surface area contributed by atoms with E-state index in [9.17, 15) is 4.79 Å². The molecule has 3 N–H and O–H groups in total. The molecule has 1 amide bonds. The Hall–Kier alpha value is -2.29. The molecule has 4 rings (SSSR count). The molecule has 0 unspecified atom stereocenters. The van der Waals surface area contributed by atoms with Crippen LogP contribution in [0.3, 0.4) is 0 Å². The number of pyridine rings is 1. The van der Waals surface area contributed by atoms with Crippen molar-refractivity contribution in [1.82, 2.24) is 20.3 Å². The molecular formula is C20H25ClN6O2. The minimum absolute atomic E-state index is 0.0336. The number of ether oxygens (including phenoxy) is 1. The van der Waals surface area contributed by atoms with Crippen LogP contribution in [0.1, 0.15) is 19.3 Å². The quantitative estimate of drug-likeness (QED) is 0.665. The predicted molar refractivity (Wildman–Crippen MR) is 112 cm³/mol. The first kappa shape index (κ1) is 20.0. The van der Waals surface area contributed by atoms with E-state index in [1.54, 1.807) is 18.5 Å². The lowest BCUT2D eigenvalue weighted by Crippen LogP contribution is -2.25.